The number of hydrogen-bond donors (Lipinski definition) is 2. The SMILES string of the molecule is CCCC(OCC)C(NN)c1cncc(F)c1. The van der Waals surface area contributed by atoms with E-state index in [0.717, 1.165) is 12.8 Å². The summed E-state index contributed by atoms with van der Waals surface area (Å²) in [7, 11) is 0. The van der Waals surface area contributed by atoms with Crippen molar-refractivity contribution >= 4 is 0 Å². The van der Waals surface area contributed by atoms with E-state index < -0.39 is 0 Å². The van der Waals surface area contributed by atoms with Gasteiger partial charge in [-0.15, -0.1) is 0 Å². The summed E-state index contributed by atoms with van der Waals surface area (Å²) < 4.78 is 18.8. The van der Waals surface area contributed by atoms with Gasteiger partial charge in [0.05, 0.1) is 18.3 Å². The molecule has 0 amide bonds. The number of hydrazine groups is 1. The van der Waals surface area contributed by atoms with Crippen LogP contribution in [-0.4, -0.2) is 17.7 Å². The summed E-state index contributed by atoms with van der Waals surface area (Å²) >= 11 is 0. The molecule has 2 atom stereocenters. The minimum Gasteiger partial charge on any atom is -0.376 e. The third-order valence-corrected chi connectivity index (χ3v) is 2.59. The van der Waals surface area contributed by atoms with E-state index in [9.17, 15) is 4.39 Å². The van der Waals surface area contributed by atoms with E-state index in [1.807, 2.05) is 6.92 Å². The average Bonchev–Trinajstić information content (AvgIpc) is 2.31. The van der Waals surface area contributed by atoms with Crippen molar-refractivity contribution in [2.24, 2.45) is 5.84 Å². The second-order valence-corrected chi connectivity index (χ2v) is 3.86. The van der Waals surface area contributed by atoms with Gasteiger partial charge < -0.3 is 4.74 Å². The monoisotopic (exact) mass is 241 g/mol. The Morgan fingerprint density at radius 1 is 1.47 bits per heavy atom. The molecule has 2 unspecified atom stereocenters. The summed E-state index contributed by atoms with van der Waals surface area (Å²) in [6.45, 7) is 4.61. The Balaban J connectivity index is 2.87. The van der Waals surface area contributed by atoms with Gasteiger partial charge in [0.2, 0.25) is 0 Å². The van der Waals surface area contributed by atoms with Crippen molar-refractivity contribution in [1.29, 1.82) is 0 Å². The molecule has 1 aromatic heterocycles. The van der Waals surface area contributed by atoms with E-state index in [0.29, 0.717) is 12.2 Å². The number of rotatable bonds is 7. The van der Waals surface area contributed by atoms with Gasteiger partial charge in [-0.05, 0) is 25.0 Å². The van der Waals surface area contributed by atoms with Crippen molar-refractivity contribution in [1.82, 2.24) is 10.4 Å². The van der Waals surface area contributed by atoms with E-state index in [-0.39, 0.29) is 18.0 Å². The molecule has 0 aliphatic heterocycles. The Hall–Kier alpha value is -1.04. The fourth-order valence-electron chi connectivity index (χ4n) is 1.86. The van der Waals surface area contributed by atoms with Crippen LogP contribution in [0.2, 0.25) is 0 Å². The molecular formula is C12H20FN3O. The van der Waals surface area contributed by atoms with Gasteiger partial charge in [-0.25, -0.2) is 4.39 Å². The lowest BCUT2D eigenvalue weighted by Crippen LogP contribution is -2.38. The molecule has 0 aliphatic carbocycles. The zero-order valence-electron chi connectivity index (χ0n) is 10.3. The van der Waals surface area contributed by atoms with Gasteiger partial charge in [0.1, 0.15) is 5.82 Å². The molecule has 17 heavy (non-hydrogen) atoms. The first-order valence-corrected chi connectivity index (χ1v) is 5.91. The zero-order valence-corrected chi connectivity index (χ0v) is 10.3. The molecule has 1 heterocycles. The molecule has 1 rings (SSSR count). The van der Waals surface area contributed by atoms with Crippen molar-refractivity contribution in [3.8, 4) is 0 Å². The first kappa shape index (κ1) is 14.0. The number of nitrogens with two attached hydrogens (primary N) is 1. The average molecular weight is 241 g/mol. The summed E-state index contributed by atoms with van der Waals surface area (Å²) in [5, 5.41) is 0. The van der Waals surface area contributed by atoms with Crippen molar-refractivity contribution in [3.05, 3.63) is 29.8 Å². The summed E-state index contributed by atoms with van der Waals surface area (Å²) in [4.78, 5) is 3.83. The molecule has 96 valence electrons. The zero-order chi connectivity index (χ0) is 12.7. The maximum atomic E-state index is 13.1. The topological polar surface area (TPSA) is 60.2 Å². The first-order chi connectivity index (χ1) is 8.22. The minimum atomic E-state index is -0.366. The molecule has 0 radical (unpaired) electrons. The Labute approximate surface area is 101 Å². The van der Waals surface area contributed by atoms with Crippen LogP contribution in [0.15, 0.2) is 18.5 Å². The van der Waals surface area contributed by atoms with Crippen LogP contribution in [0.1, 0.15) is 38.3 Å². The van der Waals surface area contributed by atoms with Crippen molar-refractivity contribution < 1.29 is 9.13 Å². The molecule has 0 aliphatic rings. The Bertz CT molecular complexity index is 329. The van der Waals surface area contributed by atoms with Crippen LogP contribution in [0.5, 0.6) is 0 Å². The van der Waals surface area contributed by atoms with Crippen LogP contribution < -0.4 is 11.3 Å². The molecule has 3 N–H and O–H groups in total. The predicted octanol–water partition coefficient (Wildman–Crippen LogP) is 1.93. The fourth-order valence-corrected chi connectivity index (χ4v) is 1.86. The van der Waals surface area contributed by atoms with Crippen LogP contribution in [0.3, 0.4) is 0 Å². The van der Waals surface area contributed by atoms with Gasteiger partial charge in [-0.3, -0.25) is 16.3 Å². The smallest absolute Gasteiger partial charge is 0.141 e. The predicted molar refractivity (Wildman–Crippen MR) is 64.6 cm³/mol. The fraction of sp³-hybridized carbons (Fsp3) is 0.583. The molecule has 4 nitrogen and oxygen atoms in total. The van der Waals surface area contributed by atoms with Crippen molar-refractivity contribution in [2.75, 3.05) is 6.61 Å². The molecule has 0 saturated heterocycles. The van der Waals surface area contributed by atoms with Gasteiger partial charge in [0, 0.05) is 12.8 Å². The third kappa shape index (κ3) is 4.03. The lowest BCUT2D eigenvalue weighted by Gasteiger charge is -2.26. The maximum absolute atomic E-state index is 13.1. The number of ether oxygens (including phenoxy) is 1. The summed E-state index contributed by atoms with van der Waals surface area (Å²) in [5.41, 5.74) is 3.39. The van der Waals surface area contributed by atoms with E-state index in [2.05, 4.69) is 17.3 Å². The summed E-state index contributed by atoms with van der Waals surface area (Å²) in [6, 6.07) is 1.19. The Morgan fingerprint density at radius 2 is 2.24 bits per heavy atom. The second kappa shape index (κ2) is 7.32. The highest BCUT2D eigenvalue weighted by atomic mass is 19.1. The van der Waals surface area contributed by atoms with Crippen molar-refractivity contribution in [3.63, 3.8) is 0 Å². The Morgan fingerprint density at radius 3 is 2.76 bits per heavy atom. The molecule has 0 fully saturated rings. The van der Waals surface area contributed by atoms with E-state index in [1.165, 1.54) is 12.3 Å². The highest BCUT2D eigenvalue weighted by Gasteiger charge is 2.22. The number of aromatic nitrogens is 1. The molecular weight excluding hydrogens is 221 g/mol. The third-order valence-electron chi connectivity index (χ3n) is 2.59. The standard InChI is InChI=1S/C12H20FN3O/c1-3-5-11(17-4-2)12(16-14)9-6-10(13)8-15-7-9/h6-8,11-12,16H,3-5,14H2,1-2H3. The lowest BCUT2D eigenvalue weighted by atomic mass is 10.00. The van der Waals surface area contributed by atoms with Crippen LogP contribution in [0.25, 0.3) is 0 Å². The van der Waals surface area contributed by atoms with E-state index in [1.54, 1.807) is 6.20 Å². The van der Waals surface area contributed by atoms with Crippen LogP contribution >= 0.6 is 0 Å². The van der Waals surface area contributed by atoms with Gasteiger partial charge in [-0.2, -0.15) is 0 Å². The highest BCUT2D eigenvalue weighted by Crippen LogP contribution is 2.22. The van der Waals surface area contributed by atoms with Crippen molar-refractivity contribution in [2.45, 2.75) is 38.8 Å². The van der Waals surface area contributed by atoms with Gasteiger partial charge >= 0.3 is 0 Å². The van der Waals surface area contributed by atoms with Crippen LogP contribution in [-0.2, 0) is 4.74 Å². The molecule has 0 bridgehead atoms. The molecule has 0 aromatic carbocycles. The quantitative estimate of drug-likeness (QED) is 0.565. The van der Waals surface area contributed by atoms with Gasteiger partial charge in [-0.1, -0.05) is 13.3 Å². The van der Waals surface area contributed by atoms with Gasteiger partial charge in [0.15, 0.2) is 0 Å². The van der Waals surface area contributed by atoms with Gasteiger partial charge in [0.25, 0.3) is 0 Å². The molecule has 0 saturated carbocycles. The molecule has 5 heteroatoms. The minimum absolute atomic E-state index is 0.0707. The number of halogens is 1. The largest absolute Gasteiger partial charge is 0.376 e. The van der Waals surface area contributed by atoms with E-state index in [4.69, 9.17) is 10.6 Å². The number of nitrogens with zero attached hydrogens (tertiary/aromatic N) is 1. The number of hydrogen-bond acceptors (Lipinski definition) is 4. The Kier molecular flexibility index (Phi) is 6.04. The van der Waals surface area contributed by atoms with E-state index >= 15 is 0 Å². The summed E-state index contributed by atoms with van der Waals surface area (Å²) in [5.74, 6) is 5.17. The molecule has 1 aromatic rings. The number of nitrogens with one attached hydrogen (secondary N) is 1. The number of pyridine rings is 1. The normalized spacial score (nSPS) is 14.6. The molecule has 0 spiro atoms. The van der Waals surface area contributed by atoms with Crippen LogP contribution in [0.4, 0.5) is 4.39 Å². The summed E-state index contributed by atoms with van der Waals surface area (Å²) in [6.07, 6.45) is 4.55. The second-order valence-electron chi connectivity index (χ2n) is 3.86. The first-order valence-electron chi connectivity index (χ1n) is 5.91. The lowest BCUT2D eigenvalue weighted by molar-refractivity contribution is 0.0274. The maximum Gasteiger partial charge on any atom is 0.141 e. The van der Waals surface area contributed by atoms with Crippen LogP contribution in [0, 0.1) is 5.82 Å². The highest BCUT2D eigenvalue weighted by molar-refractivity contribution is 5.16.